The van der Waals surface area contributed by atoms with Crippen molar-refractivity contribution in [2.75, 3.05) is 19.8 Å². The van der Waals surface area contributed by atoms with Crippen LogP contribution in [0.5, 0.6) is 0 Å². The molecule has 5 nitrogen and oxygen atoms in total. The maximum absolute atomic E-state index is 10.6. The van der Waals surface area contributed by atoms with E-state index in [1.54, 1.807) is 0 Å². The maximum Gasteiger partial charge on any atom is 0.503 e. The molecule has 0 aliphatic carbocycles. The van der Waals surface area contributed by atoms with E-state index in [4.69, 9.17) is 18.4 Å². The Bertz CT molecular complexity index is 205. The monoisotopic (exact) mass is 264 g/mol. The van der Waals surface area contributed by atoms with Gasteiger partial charge in [-0.25, -0.2) is 0 Å². The predicted octanol–water partition coefficient (Wildman–Crippen LogP) is 2.29. The topological polar surface area (TPSA) is 65.0 Å². The number of carboxylic acids is 1. The molecular formula is C11H24O5Si. The number of rotatable bonds is 10. The molecule has 0 aliphatic heterocycles. The molecule has 0 aromatic rings. The molecule has 0 aliphatic rings. The normalized spacial score (nSPS) is 13.6. The third kappa shape index (κ3) is 5.63. The molecule has 1 N–H and O–H groups in total. The van der Waals surface area contributed by atoms with Crippen LogP contribution in [-0.2, 0) is 18.1 Å². The first kappa shape index (κ1) is 16.6. The third-order valence-electron chi connectivity index (χ3n) is 2.43. The van der Waals surface area contributed by atoms with Crippen molar-refractivity contribution in [1.82, 2.24) is 0 Å². The van der Waals surface area contributed by atoms with Crippen LogP contribution in [0.4, 0.5) is 0 Å². The van der Waals surface area contributed by atoms with Crippen LogP contribution in [0.25, 0.3) is 0 Å². The minimum Gasteiger partial charge on any atom is -0.481 e. The van der Waals surface area contributed by atoms with Gasteiger partial charge in [-0.15, -0.1) is 0 Å². The van der Waals surface area contributed by atoms with Gasteiger partial charge in [0, 0.05) is 31.8 Å². The summed E-state index contributed by atoms with van der Waals surface area (Å²) < 4.78 is 17.1. The Morgan fingerprint density at radius 1 is 1.12 bits per heavy atom. The van der Waals surface area contributed by atoms with Gasteiger partial charge < -0.3 is 18.4 Å². The van der Waals surface area contributed by atoms with E-state index in [1.165, 1.54) is 0 Å². The second kappa shape index (κ2) is 8.63. The summed E-state index contributed by atoms with van der Waals surface area (Å²) in [5.74, 6) is -0.802. The fraction of sp³-hybridized carbons (Fsp3) is 0.909. The molecule has 1 unspecified atom stereocenters. The number of hydrogen-bond acceptors (Lipinski definition) is 4. The summed E-state index contributed by atoms with van der Waals surface area (Å²) in [6.45, 7) is 9.17. The van der Waals surface area contributed by atoms with Crippen LogP contribution in [-0.4, -0.2) is 39.7 Å². The van der Waals surface area contributed by atoms with Crippen molar-refractivity contribution >= 4 is 14.8 Å². The molecule has 6 heteroatoms. The summed E-state index contributed by atoms with van der Waals surface area (Å²) in [7, 11) is -2.73. The largest absolute Gasteiger partial charge is 0.503 e. The van der Waals surface area contributed by atoms with Gasteiger partial charge in [0.2, 0.25) is 0 Å². The maximum atomic E-state index is 10.6. The van der Waals surface area contributed by atoms with Gasteiger partial charge in [0.1, 0.15) is 0 Å². The lowest BCUT2D eigenvalue weighted by molar-refractivity contribution is -0.137. The van der Waals surface area contributed by atoms with Crippen LogP contribution in [0.15, 0.2) is 0 Å². The fourth-order valence-electron chi connectivity index (χ4n) is 1.67. The van der Waals surface area contributed by atoms with E-state index < -0.39 is 14.8 Å². The molecule has 0 radical (unpaired) electrons. The van der Waals surface area contributed by atoms with E-state index >= 15 is 0 Å². The lowest BCUT2D eigenvalue weighted by atomic mass is 10.2. The number of carbonyl (C=O) groups is 1. The minimum atomic E-state index is -2.73. The zero-order valence-electron chi connectivity index (χ0n) is 11.2. The first-order valence-electron chi connectivity index (χ1n) is 6.16. The van der Waals surface area contributed by atoms with Crippen LogP contribution in [0, 0.1) is 0 Å². The number of carboxylic acid groups (broad SMARTS) is 1. The zero-order valence-corrected chi connectivity index (χ0v) is 12.2. The van der Waals surface area contributed by atoms with Crippen molar-refractivity contribution in [3.63, 3.8) is 0 Å². The molecule has 17 heavy (non-hydrogen) atoms. The molecular weight excluding hydrogens is 240 g/mol. The molecule has 0 amide bonds. The summed E-state index contributed by atoms with van der Waals surface area (Å²) in [6, 6.07) is 0. The molecule has 1 atom stereocenters. The fourth-order valence-corrected chi connectivity index (χ4v) is 4.48. The van der Waals surface area contributed by atoms with E-state index in [2.05, 4.69) is 0 Å². The molecule has 102 valence electrons. The lowest BCUT2D eigenvalue weighted by Gasteiger charge is -2.33. The van der Waals surface area contributed by atoms with Crippen molar-refractivity contribution in [2.24, 2.45) is 0 Å². The van der Waals surface area contributed by atoms with Crippen LogP contribution in [0.1, 0.15) is 40.5 Å². The number of hydrogen-bond donors (Lipinski definition) is 1. The van der Waals surface area contributed by atoms with Gasteiger partial charge in [0.15, 0.2) is 0 Å². The zero-order chi connectivity index (χ0) is 13.3. The molecule has 0 aromatic heterocycles. The van der Waals surface area contributed by atoms with Crippen molar-refractivity contribution in [2.45, 2.75) is 46.1 Å². The average Bonchev–Trinajstić information content (AvgIpc) is 2.26. The van der Waals surface area contributed by atoms with Gasteiger partial charge in [0.05, 0.1) is 0 Å². The highest BCUT2D eigenvalue weighted by Gasteiger charge is 2.46. The summed E-state index contributed by atoms with van der Waals surface area (Å²) in [6.07, 6.45) is 0.630. The molecule has 0 fully saturated rings. The van der Waals surface area contributed by atoms with Crippen LogP contribution in [0.2, 0.25) is 5.54 Å². The van der Waals surface area contributed by atoms with Crippen LogP contribution in [0.3, 0.4) is 0 Å². The van der Waals surface area contributed by atoms with Gasteiger partial charge >= 0.3 is 14.8 Å². The first-order valence-corrected chi connectivity index (χ1v) is 7.96. The van der Waals surface area contributed by atoms with E-state index in [1.807, 2.05) is 27.7 Å². The van der Waals surface area contributed by atoms with Gasteiger partial charge in [-0.1, -0.05) is 6.92 Å². The van der Waals surface area contributed by atoms with Crippen molar-refractivity contribution in [3.8, 4) is 0 Å². The van der Waals surface area contributed by atoms with E-state index in [9.17, 15) is 4.79 Å². The highest BCUT2D eigenvalue weighted by molar-refractivity contribution is 6.62. The second-order valence-corrected chi connectivity index (χ2v) is 6.79. The lowest BCUT2D eigenvalue weighted by Crippen LogP contribution is -2.49. The molecule has 0 saturated carbocycles. The molecule has 0 spiro atoms. The molecule has 0 saturated heterocycles. The SMILES string of the molecule is CCO[Si](OCC)(OCC)C(C)CCC(=O)O. The summed E-state index contributed by atoms with van der Waals surface area (Å²) in [4.78, 5) is 10.6. The van der Waals surface area contributed by atoms with Gasteiger partial charge in [0.25, 0.3) is 0 Å². The highest BCUT2D eigenvalue weighted by Crippen LogP contribution is 2.29. The van der Waals surface area contributed by atoms with Gasteiger partial charge in [-0.05, 0) is 27.2 Å². The van der Waals surface area contributed by atoms with Crippen LogP contribution < -0.4 is 0 Å². The van der Waals surface area contributed by atoms with Gasteiger partial charge in [-0.2, -0.15) is 0 Å². The molecule has 0 rings (SSSR count). The van der Waals surface area contributed by atoms with Crippen molar-refractivity contribution in [1.29, 1.82) is 0 Å². The van der Waals surface area contributed by atoms with E-state index in [0.717, 1.165) is 0 Å². The van der Waals surface area contributed by atoms with Crippen molar-refractivity contribution in [3.05, 3.63) is 0 Å². The Labute approximate surface area is 104 Å². The standard InChI is InChI=1S/C11H24O5Si/c1-5-14-17(15-6-2,16-7-3)10(4)8-9-11(12)13/h10H,5-9H2,1-4H3,(H,12,13). The molecule has 0 aromatic carbocycles. The molecule has 0 heterocycles. The Kier molecular flexibility index (Phi) is 8.41. The smallest absolute Gasteiger partial charge is 0.481 e. The van der Waals surface area contributed by atoms with Gasteiger partial charge in [-0.3, -0.25) is 4.79 Å². The second-order valence-electron chi connectivity index (χ2n) is 3.74. The molecule has 0 bridgehead atoms. The van der Waals surface area contributed by atoms with E-state index in [-0.39, 0.29) is 12.0 Å². The summed E-state index contributed by atoms with van der Waals surface area (Å²) in [5.41, 5.74) is -0.00144. The quantitative estimate of drug-likeness (QED) is 0.613. The predicted molar refractivity (Wildman–Crippen MR) is 66.9 cm³/mol. The Balaban J connectivity index is 4.64. The Morgan fingerprint density at radius 2 is 1.53 bits per heavy atom. The summed E-state index contributed by atoms with van der Waals surface area (Å²) in [5, 5.41) is 8.71. The Morgan fingerprint density at radius 3 is 1.82 bits per heavy atom. The minimum absolute atomic E-state index is 0.00144. The first-order chi connectivity index (χ1) is 8.02. The van der Waals surface area contributed by atoms with Crippen molar-refractivity contribution < 1.29 is 23.2 Å². The summed E-state index contributed by atoms with van der Waals surface area (Å²) >= 11 is 0. The number of aliphatic carboxylic acids is 1. The van der Waals surface area contributed by atoms with E-state index in [0.29, 0.717) is 26.2 Å². The highest BCUT2D eigenvalue weighted by atomic mass is 28.4. The third-order valence-corrected chi connectivity index (χ3v) is 6.00. The van der Waals surface area contributed by atoms with Crippen LogP contribution >= 0.6 is 0 Å². The Hall–Kier alpha value is -0.433. The average molecular weight is 264 g/mol.